The Balaban J connectivity index is 2.26. The normalized spacial score (nSPS) is 11.1. The summed E-state index contributed by atoms with van der Waals surface area (Å²) in [6.07, 6.45) is 4.50. The van der Waals surface area contributed by atoms with Crippen LogP contribution in [0.5, 0.6) is 0 Å². The van der Waals surface area contributed by atoms with Gasteiger partial charge in [-0.1, -0.05) is 6.07 Å². The van der Waals surface area contributed by atoms with Crippen LogP contribution in [0, 0.1) is 0 Å². The highest BCUT2D eigenvalue weighted by Gasteiger charge is 2.14. The van der Waals surface area contributed by atoms with Gasteiger partial charge in [-0.25, -0.2) is 9.50 Å². The van der Waals surface area contributed by atoms with Crippen LogP contribution in [-0.4, -0.2) is 21.1 Å². The first-order valence-electron chi connectivity index (χ1n) is 5.46. The predicted molar refractivity (Wildman–Crippen MR) is 69.1 cm³/mol. The van der Waals surface area contributed by atoms with Crippen LogP contribution in [0.15, 0.2) is 36.0 Å². The molecule has 0 fully saturated rings. The topological polar surface area (TPSA) is 56.2 Å². The number of rotatable bonds is 3. The molecule has 0 radical (unpaired) electrons. The summed E-state index contributed by atoms with van der Waals surface area (Å²) in [5.74, 6) is 0. The molecule has 0 saturated heterocycles. The van der Waals surface area contributed by atoms with Crippen LogP contribution < -0.4 is 5.73 Å². The smallest absolute Gasteiger partial charge is 0.158 e. The average molecular weight is 244 g/mol. The summed E-state index contributed by atoms with van der Waals surface area (Å²) in [4.78, 5) is 5.55. The Labute approximate surface area is 103 Å². The highest BCUT2D eigenvalue weighted by Crippen LogP contribution is 2.28. The number of hydrogen-bond donors (Lipinski definition) is 1. The second kappa shape index (κ2) is 4.27. The van der Waals surface area contributed by atoms with E-state index in [1.807, 2.05) is 22.8 Å². The van der Waals surface area contributed by atoms with Crippen molar-refractivity contribution in [2.75, 3.05) is 6.54 Å². The van der Waals surface area contributed by atoms with Gasteiger partial charge in [-0.2, -0.15) is 5.10 Å². The van der Waals surface area contributed by atoms with Gasteiger partial charge >= 0.3 is 0 Å². The van der Waals surface area contributed by atoms with Crippen molar-refractivity contribution in [2.45, 2.75) is 6.42 Å². The van der Waals surface area contributed by atoms with Crippen molar-refractivity contribution in [2.24, 2.45) is 5.73 Å². The van der Waals surface area contributed by atoms with E-state index in [4.69, 9.17) is 5.73 Å². The molecule has 5 heteroatoms. The first kappa shape index (κ1) is 10.4. The minimum absolute atomic E-state index is 0.607. The van der Waals surface area contributed by atoms with Gasteiger partial charge in [-0.15, -0.1) is 11.3 Å². The van der Waals surface area contributed by atoms with Crippen LogP contribution in [0.3, 0.4) is 0 Å². The van der Waals surface area contributed by atoms with Crippen LogP contribution in [0.1, 0.15) is 5.56 Å². The van der Waals surface area contributed by atoms with Gasteiger partial charge in [0.25, 0.3) is 0 Å². The number of fused-ring (bicyclic) bond motifs is 1. The Morgan fingerprint density at radius 2 is 2.29 bits per heavy atom. The quantitative estimate of drug-likeness (QED) is 0.766. The van der Waals surface area contributed by atoms with E-state index < -0.39 is 0 Å². The molecule has 3 heterocycles. The standard InChI is InChI=1S/C12H12N4S/c13-5-4-9-11(10-3-1-8-17-10)15-16-7-2-6-14-12(9)16/h1-3,6-8H,4-5,13H2. The zero-order valence-electron chi connectivity index (χ0n) is 9.21. The van der Waals surface area contributed by atoms with E-state index in [-0.39, 0.29) is 0 Å². The molecule has 0 bridgehead atoms. The summed E-state index contributed by atoms with van der Waals surface area (Å²) in [5.41, 5.74) is 8.71. The molecule has 3 rings (SSSR count). The fourth-order valence-corrected chi connectivity index (χ4v) is 2.66. The fraction of sp³-hybridized carbons (Fsp3) is 0.167. The van der Waals surface area contributed by atoms with Crippen molar-refractivity contribution in [1.82, 2.24) is 14.6 Å². The van der Waals surface area contributed by atoms with Gasteiger partial charge in [0.1, 0.15) is 5.69 Å². The second-order valence-electron chi connectivity index (χ2n) is 3.73. The minimum Gasteiger partial charge on any atom is -0.330 e. The van der Waals surface area contributed by atoms with Gasteiger partial charge in [0, 0.05) is 18.0 Å². The Hall–Kier alpha value is -1.72. The van der Waals surface area contributed by atoms with Crippen molar-refractivity contribution >= 4 is 17.0 Å². The van der Waals surface area contributed by atoms with Crippen LogP contribution >= 0.6 is 11.3 Å². The summed E-state index contributed by atoms with van der Waals surface area (Å²) >= 11 is 1.69. The molecule has 0 aromatic carbocycles. The fourth-order valence-electron chi connectivity index (χ4n) is 1.92. The van der Waals surface area contributed by atoms with E-state index in [1.165, 1.54) is 4.88 Å². The van der Waals surface area contributed by atoms with Crippen molar-refractivity contribution < 1.29 is 0 Å². The molecule has 0 aliphatic heterocycles. The first-order valence-corrected chi connectivity index (χ1v) is 6.34. The first-order chi connectivity index (χ1) is 8.40. The highest BCUT2D eigenvalue weighted by molar-refractivity contribution is 7.13. The number of hydrogen-bond acceptors (Lipinski definition) is 4. The largest absolute Gasteiger partial charge is 0.330 e. The van der Waals surface area contributed by atoms with E-state index >= 15 is 0 Å². The summed E-state index contributed by atoms with van der Waals surface area (Å²) < 4.78 is 1.82. The van der Waals surface area contributed by atoms with E-state index in [0.29, 0.717) is 6.54 Å². The summed E-state index contributed by atoms with van der Waals surface area (Å²) in [6.45, 7) is 0.607. The van der Waals surface area contributed by atoms with E-state index in [0.717, 1.165) is 23.3 Å². The Bertz CT molecular complexity index is 627. The third kappa shape index (κ3) is 1.73. The minimum atomic E-state index is 0.607. The zero-order valence-corrected chi connectivity index (χ0v) is 10.0. The van der Waals surface area contributed by atoms with Crippen LogP contribution in [0.25, 0.3) is 16.2 Å². The van der Waals surface area contributed by atoms with Crippen molar-refractivity contribution in [3.63, 3.8) is 0 Å². The second-order valence-corrected chi connectivity index (χ2v) is 4.68. The molecule has 3 aromatic heterocycles. The van der Waals surface area contributed by atoms with Crippen molar-refractivity contribution in [3.8, 4) is 10.6 Å². The third-order valence-electron chi connectivity index (χ3n) is 2.64. The Kier molecular flexibility index (Phi) is 2.62. The lowest BCUT2D eigenvalue weighted by Gasteiger charge is -1.97. The highest BCUT2D eigenvalue weighted by atomic mass is 32.1. The van der Waals surface area contributed by atoms with Gasteiger partial charge in [0.15, 0.2) is 5.65 Å². The number of thiophene rings is 1. The van der Waals surface area contributed by atoms with Gasteiger partial charge in [0.2, 0.25) is 0 Å². The van der Waals surface area contributed by atoms with Crippen LogP contribution in [0.4, 0.5) is 0 Å². The molecular weight excluding hydrogens is 232 g/mol. The Morgan fingerprint density at radius 1 is 1.35 bits per heavy atom. The molecule has 0 aliphatic carbocycles. The molecule has 0 aliphatic rings. The summed E-state index contributed by atoms with van der Waals surface area (Å²) in [5, 5.41) is 6.64. The van der Waals surface area contributed by atoms with Gasteiger partial charge < -0.3 is 5.73 Å². The molecule has 3 aromatic rings. The third-order valence-corrected chi connectivity index (χ3v) is 3.52. The SMILES string of the molecule is NCCc1c(-c2cccs2)nn2cccnc12. The number of nitrogens with zero attached hydrogens (tertiary/aromatic N) is 3. The van der Waals surface area contributed by atoms with Gasteiger partial charge in [0.05, 0.1) is 4.88 Å². The van der Waals surface area contributed by atoms with Crippen molar-refractivity contribution in [1.29, 1.82) is 0 Å². The molecule has 0 atom stereocenters. The van der Waals surface area contributed by atoms with Gasteiger partial charge in [-0.3, -0.25) is 0 Å². The molecule has 0 unspecified atom stereocenters. The lowest BCUT2D eigenvalue weighted by atomic mass is 10.1. The van der Waals surface area contributed by atoms with E-state index in [1.54, 1.807) is 17.5 Å². The molecule has 0 amide bonds. The predicted octanol–water partition coefficient (Wildman–Crippen LogP) is 1.96. The van der Waals surface area contributed by atoms with Crippen molar-refractivity contribution in [3.05, 3.63) is 41.5 Å². The van der Waals surface area contributed by atoms with E-state index in [2.05, 4.69) is 21.5 Å². The molecule has 4 nitrogen and oxygen atoms in total. The summed E-state index contributed by atoms with van der Waals surface area (Å²) in [7, 11) is 0. The number of aromatic nitrogens is 3. The zero-order chi connectivity index (χ0) is 11.7. The molecule has 0 saturated carbocycles. The lowest BCUT2D eigenvalue weighted by Crippen LogP contribution is -2.03. The molecule has 2 N–H and O–H groups in total. The maximum absolute atomic E-state index is 5.67. The monoisotopic (exact) mass is 244 g/mol. The summed E-state index contributed by atoms with van der Waals surface area (Å²) in [6, 6.07) is 5.99. The van der Waals surface area contributed by atoms with Gasteiger partial charge in [-0.05, 0) is 30.5 Å². The molecule has 17 heavy (non-hydrogen) atoms. The molecular formula is C12H12N4S. The van der Waals surface area contributed by atoms with E-state index in [9.17, 15) is 0 Å². The maximum atomic E-state index is 5.67. The average Bonchev–Trinajstić information content (AvgIpc) is 2.97. The van der Waals surface area contributed by atoms with Crippen LogP contribution in [-0.2, 0) is 6.42 Å². The molecule has 0 spiro atoms. The van der Waals surface area contributed by atoms with Crippen LogP contribution in [0.2, 0.25) is 0 Å². The lowest BCUT2D eigenvalue weighted by molar-refractivity contribution is 0.942. The Morgan fingerprint density at radius 3 is 3.06 bits per heavy atom. The molecule has 86 valence electrons. The number of nitrogens with two attached hydrogens (primary N) is 1. The maximum Gasteiger partial charge on any atom is 0.158 e.